The van der Waals surface area contributed by atoms with Gasteiger partial charge in [-0.1, -0.05) is 24.3 Å². The van der Waals surface area contributed by atoms with E-state index < -0.39 is 0 Å². The Morgan fingerprint density at radius 2 is 2.11 bits per heavy atom. The molecular formula is C14H16N2OS. The highest BCUT2D eigenvalue weighted by molar-refractivity contribution is 7.10. The molecule has 0 spiro atoms. The number of carbonyl (C=O) groups is 1. The van der Waals surface area contributed by atoms with Crippen molar-refractivity contribution in [3.05, 3.63) is 57.8 Å². The number of nitrogens with two attached hydrogens (primary N) is 1. The topological polar surface area (TPSA) is 55.1 Å². The van der Waals surface area contributed by atoms with Gasteiger partial charge in [0.25, 0.3) is 0 Å². The lowest BCUT2D eigenvalue weighted by atomic mass is 10.1. The van der Waals surface area contributed by atoms with Gasteiger partial charge in [0.05, 0.1) is 0 Å². The smallest absolute Gasteiger partial charge is 0.249 e. The van der Waals surface area contributed by atoms with Gasteiger partial charge in [-0.25, -0.2) is 0 Å². The van der Waals surface area contributed by atoms with Crippen molar-refractivity contribution in [1.82, 2.24) is 5.32 Å². The van der Waals surface area contributed by atoms with Crippen LogP contribution < -0.4 is 11.1 Å². The van der Waals surface area contributed by atoms with Gasteiger partial charge in [-0.2, -0.15) is 0 Å². The van der Waals surface area contributed by atoms with Gasteiger partial charge in [-0.15, -0.1) is 11.3 Å². The summed E-state index contributed by atoms with van der Waals surface area (Å²) in [5.41, 5.74) is 6.88. The lowest BCUT2D eigenvalue weighted by Crippen LogP contribution is -2.21. The number of primary amides is 1. The molecule has 1 aromatic carbocycles. The van der Waals surface area contributed by atoms with Crippen molar-refractivity contribution < 1.29 is 4.79 Å². The van der Waals surface area contributed by atoms with Crippen molar-refractivity contribution in [2.24, 2.45) is 5.73 Å². The van der Waals surface area contributed by atoms with Crippen molar-refractivity contribution in [3.8, 4) is 0 Å². The van der Waals surface area contributed by atoms with Gasteiger partial charge in [-0.3, -0.25) is 4.79 Å². The number of hydrogen-bond acceptors (Lipinski definition) is 3. The fourth-order valence-corrected chi connectivity index (χ4v) is 2.57. The van der Waals surface area contributed by atoms with Crippen LogP contribution in [-0.4, -0.2) is 5.91 Å². The molecule has 18 heavy (non-hydrogen) atoms. The summed E-state index contributed by atoms with van der Waals surface area (Å²) in [4.78, 5) is 12.6. The highest BCUT2D eigenvalue weighted by Crippen LogP contribution is 2.19. The van der Waals surface area contributed by atoms with Crippen LogP contribution in [0.5, 0.6) is 0 Å². The first-order valence-corrected chi connectivity index (χ1v) is 6.71. The zero-order valence-corrected chi connectivity index (χ0v) is 11.0. The van der Waals surface area contributed by atoms with Crippen LogP contribution in [0.4, 0.5) is 0 Å². The van der Waals surface area contributed by atoms with Crippen LogP contribution in [0.15, 0.2) is 41.8 Å². The largest absolute Gasteiger partial charge is 0.366 e. The molecule has 2 rings (SSSR count). The maximum absolute atomic E-state index is 11.3. The maximum atomic E-state index is 11.3. The van der Waals surface area contributed by atoms with E-state index in [1.807, 2.05) is 24.3 Å². The van der Waals surface area contributed by atoms with Gasteiger partial charge in [0.15, 0.2) is 0 Å². The Morgan fingerprint density at radius 3 is 2.78 bits per heavy atom. The number of amides is 1. The van der Waals surface area contributed by atoms with E-state index in [1.165, 1.54) is 4.88 Å². The minimum atomic E-state index is -0.379. The molecule has 0 unspecified atom stereocenters. The summed E-state index contributed by atoms with van der Waals surface area (Å²) in [5.74, 6) is -0.379. The zero-order valence-electron chi connectivity index (χ0n) is 10.2. The molecule has 0 radical (unpaired) electrons. The van der Waals surface area contributed by atoms with Gasteiger partial charge >= 0.3 is 0 Å². The van der Waals surface area contributed by atoms with Crippen LogP contribution in [-0.2, 0) is 6.54 Å². The summed E-state index contributed by atoms with van der Waals surface area (Å²) < 4.78 is 0. The highest BCUT2D eigenvalue weighted by Gasteiger charge is 2.09. The first-order valence-electron chi connectivity index (χ1n) is 5.83. The van der Waals surface area contributed by atoms with Crippen molar-refractivity contribution >= 4 is 17.2 Å². The number of carbonyl (C=O) groups excluding carboxylic acids is 1. The Balaban J connectivity index is 2.04. The van der Waals surface area contributed by atoms with Crippen molar-refractivity contribution in [2.75, 3.05) is 0 Å². The van der Waals surface area contributed by atoms with Crippen LogP contribution in [0.3, 0.4) is 0 Å². The van der Waals surface area contributed by atoms with Crippen LogP contribution in [0.1, 0.15) is 33.8 Å². The van der Waals surface area contributed by atoms with Gasteiger partial charge < -0.3 is 11.1 Å². The fraction of sp³-hybridized carbons (Fsp3) is 0.214. The summed E-state index contributed by atoms with van der Waals surface area (Å²) in [6.07, 6.45) is 0. The average molecular weight is 260 g/mol. The Labute approximate surface area is 111 Å². The van der Waals surface area contributed by atoms with E-state index in [9.17, 15) is 4.79 Å². The van der Waals surface area contributed by atoms with Crippen molar-refractivity contribution in [1.29, 1.82) is 0 Å². The number of hydrogen-bond donors (Lipinski definition) is 2. The summed E-state index contributed by atoms with van der Waals surface area (Å²) in [6.45, 7) is 2.75. The molecule has 1 atom stereocenters. The van der Waals surface area contributed by atoms with Gasteiger partial charge in [0.1, 0.15) is 0 Å². The Kier molecular flexibility index (Phi) is 4.12. The summed E-state index contributed by atoms with van der Waals surface area (Å²) in [6, 6.07) is 11.8. The van der Waals surface area contributed by atoms with E-state index in [0.29, 0.717) is 12.1 Å². The molecule has 1 heterocycles. The number of nitrogens with one attached hydrogen (secondary N) is 1. The molecule has 3 N–H and O–H groups in total. The predicted molar refractivity (Wildman–Crippen MR) is 74.5 cm³/mol. The van der Waals surface area contributed by atoms with E-state index >= 15 is 0 Å². The van der Waals surface area contributed by atoms with Crippen LogP contribution >= 0.6 is 11.3 Å². The second-order valence-corrected chi connectivity index (χ2v) is 5.12. The monoisotopic (exact) mass is 260 g/mol. The van der Waals surface area contributed by atoms with Crippen LogP contribution in [0.2, 0.25) is 0 Å². The van der Waals surface area contributed by atoms with E-state index in [-0.39, 0.29) is 11.9 Å². The molecule has 0 aliphatic heterocycles. The van der Waals surface area contributed by atoms with Crippen molar-refractivity contribution in [2.45, 2.75) is 19.5 Å². The lowest BCUT2D eigenvalue weighted by molar-refractivity contribution is 0.0999. The molecule has 2 aromatic rings. The lowest BCUT2D eigenvalue weighted by Gasteiger charge is -2.13. The first-order chi connectivity index (χ1) is 8.68. The second-order valence-electron chi connectivity index (χ2n) is 4.14. The quantitative estimate of drug-likeness (QED) is 0.868. The van der Waals surface area contributed by atoms with E-state index in [4.69, 9.17) is 5.73 Å². The van der Waals surface area contributed by atoms with Crippen molar-refractivity contribution in [3.63, 3.8) is 0 Å². The Bertz CT molecular complexity index is 522. The van der Waals surface area contributed by atoms with Crippen LogP contribution in [0, 0.1) is 0 Å². The molecule has 0 bridgehead atoms. The van der Waals surface area contributed by atoms with Crippen LogP contribution in [0.25, 0.3) is 0 Å². The third-order valence-electron chi connectivity index (χ3n) is 2.85. The van der Waals surface area contributed by atoms with Gasteiger partial charge in [0, 0.05) is 23.0 Å². The zero-order chi connectivity index (χ0) is 13.0. The number of benzene rings is 1. The minimum Gasteiger partial charge on any atom is -0.366 e. The summed E-state index contributed by atoms with van der Waals surface area (Å²) in [5, 5.41) is 5.46. The molecule has 4 heteroatoms. The molecule has 0 saturated carbocycles. The third-order valence-corrected chi connectivity index (χ3v) is 3.91. The molecule has 0 fully saturated rings. The number of thiophene rings is 1. The van der Waals surface area contributed by atoms with Gasteiger partial charge in [0.2, 0.25) is 5.91 Å². The normalized spacial score (nSPS) is 12.3. The minimum absolute atomic E-state index is 0.269. The number of rotatable bonds is 5. The summed E-state index contributed by atoms with van der Waals surface area (Å²) in [7, 11) is 0. The van der Waals surface area contributed by atoms with Gasteiger partial charge in [-0.05, 0) is 30.0 Å². The fourth-order valence-electron chi connectivity index (χ4n) is 1.82. The average Bonchev–Trinajstić information content (AvgIpc) is 2.90. The SMILES string of the molecule is C[C@H](NCc1ccccc1C(N)=O)c1cccs1. The molecule has 94 valence electrons. The molecule has 0 aliphatic rings. The Hall–Kier alpha value is -1.65. The molecule has 3 nitrogen and oxygen atoms in total. The summed E-state index contributed by atoms with van der Waals surface area (Å²) >= 11 is 1.72. The predicted octanol–water partition coefficient (Wildman–Crippen LogP) is 2.70. The standard InChI is InChI=1S/C14H16N2OS/c1-10(13-7-4-8-18-13)16-9-11-5-2-3-6-12(11)14(15)17/h2-8,10,16H,9H2,1H3,(H2,15,17)/t10-/m0/s1. The molecule has 0 aliphatic carbocycles. The van der Waals surface area contributed by atoms with E-state index in [2.05, 4.69) is 23.7 Å². The highest BCUT2D eigenvalue weighted by atomic mass is 32.1. The molecule has 1 amide bonds. The Morgan fingerprint density at radius 1 is 1.33 bits per heavy atom. The molecule has 1 aromatic heterocycles. The second kappa shape index (κ2) is 5.80. The first kappa shape index (κ1) is 12.8. The van der Waals surface area contributed by atoms with E-state index in [0.717, 1.165) is 5.56 Å². The molecular weight excluding hydrogens is 244 g/mol. The molecule has 0 saturated heterocycles. The maximum Gasteiger partial charge on any atom is 0.249 e. The third kappa shape index (κ3) is 2.97. The van der Waals surface area contributed by atoms with E-state index in [1.54, 1.807) is 17.4 Å².